The minimum Gasteiger partial charge on any atom is -0.395 e. The first-order valence-corrected chi connectivity index (χ1v) is 8.73. The molecule has 1 unspecified atom stereocenters. The molecule has 0 radical (unpaired) electrons. The van der Waals surface area contributed by atoms with Crippen molar-refractivity contribution in [3.63, 3.8) is 0 Å². The highest BCUT2D eigenvalue weighted by molar-refractivity contribution is 7.89. The van der Waals surface area contributed by atoms with Gasteiger partial charge in [0.25, 0.3) is 10.0 Å². The van der Waals surface area contributed by atoms with Crippen LogP contribution in [0.3, 0.4) is 0 Å². The molecule has 0 saturated carbocycles. The summed E-state index contributed by atoms with van der Waals surface area (Å²) < 4.78 is 35.7. The summed E-state index contributed by atoms with van der Waals surface area (Å²) in [4.78, 5) is 3.88. The van der Waals surface area contributed by atoms with Gasteiger partial charge in [-0.25, -0.2) is 22.9 Å². The molecule has 3 N–H and O–H groups in total. The zero-order valence-electron chi connectivity index (χ0n) is 12.6. The number of aliphatic hydroxyl groups excluding tert-OH is 1. The molecule has 0 amide bonds. The van der Waals surface area contributed by atoms with Crippen molar-refractivity contribution in [3.05, 3.63) is 71.7 Å². The van der Waals surface area contributed by atoms with E-state index in [1.807, 2.05) is 12.2 Å². The first-order chi connectivity index (χ1) is 11.4. The fraction of sp³-hybridized carbons (Fsp3) is 0.118. The van der Waals surface area contributed by atoms with Crippen molar-refractivity contribution < 1.29 is 17.9 Å². The van der Waals surface area contributed by atoms with E-state index in [-0.39, 0.29) is 23.4 Å². The minimum absolute atomic E-state index is 0.0586. The number of rotatable bonds is 4. The molecule has 1 aliphatic carbocycles. The van der Waals surface area contributed by atoms with Crippen LogP contribution in [0.15, 0.2) is 59.8 Å². The van der Waals surface area contributed by atoms with Crippen molar-refractivity contribution in [2.45, 2.75) is 5.03 Å². The minimum atomic E-state index is -3.86. The normalized spacial score (nSPS) is 17.5. The van der Waals surface area contributed by atoms with Crippen LogP contribution in [-0.4, -0.2) is 25.1 Å². The van der Waals surface area contributed by atoms with Crippen LogP contribution in [0, 0.1) is 11.7 Å². The van der Waals surface area contributed by atoms with Gasteiger partial charge in [-0.1, -0.05) is 24.3 Å². The smallest absolute Gasteiger partial charge is 0.255 e. The van der Waals surface area contributed by atoms with Crippen LogP contribution in [0.4, 0.5) is 4.39 Å². The van der Waals surface area contributed by atoms with E-state index in [2.05, 4.69) is 4.98 Å². The van der Waals surface area contributed by atoms with E-state index in [1.54, 1.807) is 18.2 Å². The molecule has 3 rings (SSSR count). The van der Waals surface area contributed by atoms with Crippen molar-refractivity contribution in [1.82, 2.24) is 4.98 Å². The fourth-order valence-corrected chi connectivity index (χ4v) is 3.06. The van der Waals surface area contributed by atoms with Gasteiger partial charge in [-0.05, 0) is 41.0 Å². The van der Waals surface area contributed by atoms with Gasteiger partial charge in [0, 0.05) is 17.7 Å². The molecule has 24 heavy (non-hydrogen) atoms. The second-order valence-electron chi connectivity index (χ2n) is 5.44. The van der Waals surface area contributed by atoms with Gasteiger partial charge < -0.3 is 5.11 Å². The standard InChI is InChI=1S/C17H15FN2O3S/c18-14-4-1-12(2-5-14)15-7-11(10-21)8-16(15)13-3-6-17(20-9-13)24(19,22)23/h1-9,11,21H,10H2,(H2,19,22,23). The molecule has 1 atom stereocenters. The first-order valence-electron chi connectivity index (χ1n) is 7.18. The number of allylic oxidation sites excluding steroid dienone is 2. The van der Waals surface area contributed by atoms with E-state index < -0.39 is 10.0 Å². The van der Waals surface area contributed by atoms with E-state index in [9.17, 15) is 17.9 Å². The van der Waals surface area contributed by atoms with Gasteiger partial charge in [0.2, 0.25) is 0 Å². The lowest BCUT2D eigenvalue weighted by Gasteiger charge is -2.10. The van der Waals surface area contributed by atoms with Crippen molar-refractivity contribution in [3.8, 4) is 0 Å². The van der Waals surface area contributed by atoms with Gasteiger partial charge in [0.15, 0.2) is 5.03 Å². The third-order valence-electron chi connectivity index (χ3n) is 3.76. The SMILES string of the molecule is NS(=O)(=O)c1ccc(C2=CC(CO)C=C2c2ccc(F)cc2)cn1. The highest BCUT2D eigenvalue weighted by Gasteiger charge is 2.21. The fourth-order valence-electron chi connectivity index (χ4n) is 2.60. The molecule has 1 aliphatic rings. The molecule has 0 aliphatic heterocycles. The summed E-state index contributed by atoms with van der Waals surface area (Å²) >= 11 is 0. The lowest BCUT2D eigenvalue weighted by molar-refractivity contribution is 0.275. The zero-order valence-corrected chi connectivity index (χ0v) is 13.4. The monoisotopic (exact) mass is 346 g/mol. The van der Waals surface area contributed by atoms with Gasteiger partial charge in [-0.2, -0.15) is 0 Å². The Balaban J connectivity index is 2.01. The maximum atomic E-state index is 13.1. The number of primary sulfonamides is 1. The Hall–Kier alpha value is -2.35. The number of sulfonamides is 1. The Kier molecular flexibility index (Phi) is 4.31. The van der Waals surface area contributed by atoms with Gasteiger partial charge >= 0.3 is 0 Å². The summed E-state index contributed by atoms with van der Waals surface area (Å²) in [6, 6.07) is 8.97. The molecule has 124 valence electrons. The molecule has 1 aromatic heterocycles. The lowest BCUT2D eigenvalue weighted by Crippen LogP contribution is -2.13. The quantitative estimate of drug-likeness (QED) is 0.885. The lowest BCUT2D eigenvalue weighted by atomic mass is 9.96. The van der Waals surface area contributed by atoms with E-state index in [0.717, 1.165) is 16.7 Å². The van der Waals surface area contributed by atoms with E-state index in [1.165, 1.54) is 24.4 Å². The summed E-state index contributed by atoms with van der Waals surface area (Å²) in [5.41, 5.74) is 3.12. The number of benzene rings is 1. The predicted octanol–water partition coefficient (Wildman–Crippen LogP) is 1.96. The number of nitrogens with zero attached hydrogens (tertiary/aromatic N) is 1. The molecule has 1 heterocycles. The number of pyridine rings is 1. The van der Waals surface area contributed by atoms with Crippen LogP contribution in [0.25, 0.3) is 11.1 Å². The topological polar surface area (TPSA) is 93.3 Å². The van der Waals surface area contributed by atoms with Crippen LogP contribution in [0.2, 0.25) is 0 Å². The third kappa shape index (κ3) is 3.28. The van der Waals surface area contributed by atoms with Crippen LogP contribution in [0.5, 0.6) is 0 Å². The van der Waals surface area contributed by atoms with Crippen LogP contribution < -0.4 is 5.14 Å². The largest absolute Gasteiger partial charge is 0.395 e. The van der Waals surface area contributed by atoms with Crippen molar-refractivity contribution in [1.29, 1.82) is 0 Å². The summed E-state index contributed by atoms with van der Waals surface area (Å²) in [7, 11) is -3.86. The molecular weight excluding hydrogens is 331 g/mol. The molecule has 0 spiro atoms. The average molecular weight is 346 g/mol. The number of nitrogens with two attached hydrogens (primary N) is 1. The van der Waals surface area contributed by atoms with Gasteiger partial charge in [-0.15, -0.1) is 0 Å². The highest BCUT2D eigenvalue weighted by atomic mass is 32.2. The Morgan fingerprint density at radius 3 is 2.12 bits per heavy atom. The maximum Gasteiger partial charge on any atom is 0.255 e. The van der Waals surface area contributed by atoms with Crippen molar-refractivity contribution >= 4 is 21.2 Å². The summed E-state index contributed by atoms with van der Waals surface area (Å²) in [5.74, 6) is -0.501. The van der Waals surface area contributed by atoms with Crippen LogP contribution >= 0.6 is 0 Å². The van der Waals surface area contributed by atoms with Crippen LogP contribution in [0.1, 0.15) is 11.1 Å². The molecular formula is C17H15FN2O3S. The Morgan fingerprint density at radius 2 is 1.62 bits per heavy atom. The number of hydrogen-bond donors (Lipinski definition) is 2. The van der Waals surface area contributed by atoms with E-state index in [4.69, 9.17) is 5.14 Å². The molecule has 0 fully saturated rings. The van der Waals surface area contributed by atoms with Crippen LogP contribution in [-0.2, 0) is 10.0 Å². The molecule has 0 saturated heterocycles. The Morgan fingerprint density at radius 1 is 1.04 bits per heavy atom. The van der Waals surface area contributed by atoms with E-state index in [0.29, 0.717) is 5.56 Å². The average Bonchev–Trinajstić information content (AvgIpc) is 2.99. The molecule has 2 aromatic rings. The third-order valence-corrected chi connectivity index (χ3v) is 4.58. The number of aliphatic hydroxyl groups is 1. The maximum absolute atomic E-state index is 13.1. The number of aromatic nitrogens is 1. The van der Waals surface area contributed by atoms with Gasteiger partial charge in [0.1, 0.15) is 5.82 Å². The molecule has 0 bridgehead atoms. The summed E-state index contributed by atoms with van der Waals surface area (Å²) in [6.07, 6.45) is 5.17. The second kappa shape index (κ2) is 6.27. The number of hydrogen-bond acceptors (Lipinski definition) is 4. The van der Waals surface area contributed by atoms with Crippen molar-refractivity contribution in [2.24, 2.45) is 11.1 Å². The Bertz CT molecular complexity index is 917. The Labute approximate surface area is 139 Å². The predicted molar refractivity (Wildman–Crippen MR) is 88.5 cm³/mol. The van der Waals surface area contributed by atoms with Gasteiger partial charge in [0.05, 0.1) is 6.61 Å². The molecule has 5 nitrogen and oxygen atoms in total. The van der Waals surface area contributed by atoms with Gasteiger partial charge in [-0.3, -0.25) is 0 Å². The second-order valence-corrected chi connectivity index (χ2v) is 6.95. The molecule has 1 aromatic carbocycles. The summed E-state index contributed by atoms with van der Waals surface area (Å²) in [6.45, 7) is -0.0586. The highest BCUT2D eigenvalue weighted by Crippen LogP contribution is 2.38. The first kappa shape index (κ1) is 16.5. The zero-order chi connectivity index (χ0) is 17.3. The van der Waals surface area contributed by atoms with E-state index >= 15 is 0 Å². The number of halogens is 1. The summed E-state index contributed by atoms with van der Waals surface area (Å²) in [5, 5.41) is 14.3. The van der Waals surface area contributed by atoms with Crippen molar-refractivity contribution in [2.75, 3.05) is 6.61 Å². The molecule has 7 heteroatoms.